The van der Waals surface area contributed by atoms with Crippen molar-refractivity contribution in [1.82, 2.24) is 29.9 Å². The van der Waals surface area contributed by atoms with E-state index >= 15 is 0 Å². The van der Waals surface area contributed by atoms with Crippen LogP contribution in [0.15, 0.2) is 48.9 Å². The number of hydrogen-bond acceptors (Lipinski definition) is 6. The quantitative estimate of drug-likeness (QED) is 0.540. The molecule has 3 aromatic heterocycles. The molecule has 0 unspecified atom stereocenters. The molecule has 32 heavy (non-hydrogen) atoms. The minimum Gasteiger partial charge on any atom is -0.378 e. The third-order valence-electron chi connectivity index (χ3n) is 5.97. The van der Waals surface area contributed by atoms with Crippen molar-refractivity contribution < 1.29 is 4.74 Å². The van der Waals surface area contributed by atoms with Crippen molar-refractivity contribution in [2.24, 2.45) is 0 Å². The Balaban J connectivity index is 1.42. The number of ether oxygens (including phenoxy) is 1. The Labute approximate surface area is 185 Å². The lowest BCUT2D eigenvalue weighted by molar-refractivity contribution is 0.122. The fourth-order valence-corrected chi connectivity index (χ4v) is 4.32. The minimum absolute atomic E-state index is 0.578. The molecule has 6 rings (SSSR count). The van der Waals surface area contributed by atoms with Gasteiger partial charge in [-0.2, -0.15) is 15.2 Å². The van der Waals surface area contributed by atoms with E-state index in [0.717, 1.165) is 53.4 Å². The summed E-state index contributed by atoms with van der Waals surface area (Å²) in [6, 6.07) is 10.3. The van der Waals surface area contributed by atoms with E-state index in [2.05, 4.69) is 46.3 Å². The van der Waals surface area contributed by atoms with E-state index in [1.165, 1.54) is 11.1 Å². The molecule has 8 nitrogen and oxygen atoms in total. The van der Waals surface area contributed by atoms with Gasteiger partial charge >= 0.3 is 0 Å². The van der Waals surface area contributed by atoms with Crippen LogP contribution in [0.1, 0.15) is 22.4 Å². The predicted molar refractivity (Wildman–Crippen MR) is 123 cm³/mol. The van der Waals surface area contributed by atoms with Crippen LogP contribution in [0, 0.1) is 6.92 Å². The number of H-pyrrole nitrogens is 1. The number of benzene rings is 1. The van der Waals surface area contributed by atoms with Gasteiger partial charge in [0, 0.05) is 48.6 Å². The summed E-state index contributed by atoms with van der Waals surface area (Å²) >= 11 is 0. The van der Waals surface area contributed by atoms with Crippen LogP contribution >= 0.6 is 0 Å². The summed E-state index contributed by atoms with van der Waals surface area (Å²) in [7, 11) is 0. The first kappa shape index (κ1) is 18.9. The van der Waals surface area contributed by atoms with Crippen LogP contribution in [0.4, 0.5) is 5.82 Å². The zero-order valence-corrected chi connectivity index (χ0v) is 17.8. The molecular weight excluding hydrogens is 402 g/mol. The summed E-state index contributed by atoms with van der Waals surface area (Å²) in [5.41, 5.74) is 7.56. The molecule has 1 fully saturated rings. The van der Waals surface area contributed by atoms with Crippen LogP contribution in [0.25, 0.3) is 28.9 Å². The maximum Gasteiger partial charge on any atom is 0.253 e. The van der Waals surface area contributed by atoms with Crippen molar-refractivity contribution in [3.63, 3.8) is 0 Å². The molecule has 4 aromatic rings. The molecule has 4 heterocycles. The molecule has 1 saturated heterocycles. The normalized spacial score (nSPS) is 15.7. The molecule has 0 saturated carbocycles. The Morgan fingerprint density at radius 2 is 1.97 bits per heavy atom. The van der Waals surface area contributed by atoms with E-state index in [9.17, 15) is 0 Å². The highest BCUT2D eigenvalue weighted by Crippen LogP contribution is 2.36. The number of nitrogens with one attached hydrogen (secondary N) is 1. The van der Waals surface area contributed by atoms with Crippen molar-refractivity contribution in [3.05, 3.63) is 71.3 Å². The van der Waals surface area contributed by atoms with Crippen molar-refractivity contribution in [1.29, 1.82) is 0 Å². The second-order valence-corrected chi connectivity index (χ2v) is 8.16. The van der Waals surface area contributed by atoms with Crippen molar-refractivity contribution in [2.75, 3.05) is 31.2 Å². The van der Waals surface area contributed by atoms with E-state index < -0.39 is 0 Å². The lowest BCUT2D eigenvalue weighted by atomic mass is 10.1. The van der Waals surface area contributed by atoms with Gasteiger partial charge in [0.2, 0.25) is 0 Å². The summed E-state index contributed by atoms with van der Waals surface area (Å²) in [5, 5.41) is 11.8. The van der Waals surface area contributed by atoms with E-state index in [1.807, 2.05) is 30.7 Å². The highest BCUT2D eigenvalue weighted by Gasteiger charge is 2.26. The average Bonchev–Trinajstić information content (AvgIpc) is 3.59. The Hall–Kier alpha value is -3.78. The standard InChI is InChI=1S/C24H23N7O/c1-16-3-2-4-17(11-16)21-5-6-31(29-21)24-27-22-13-18(19-14-25-26-15-19)12-20(22)23(28-24)30-7-9-32-10-8-30/h2-6,11,13-15H,7-10,12H2,1H3,(H,25,26). The summed E-state index contributed by atoms with van der Waals surface area (Å²) in [6.07, 6.45) is 8.62. The number of fused-ring (bicyclic) bond motifs is 1. The summed E-state index contributed by atoms with van der Waals surface area (Å²) in [6.45, 7) is 5.13. The third-order valence-corrected chi connectivity index (χ3v) is 5.97. The fourth-order valence-electron chi connectivity index (χ4n) is 4.32. The first-order valence-electron chi connectivity index (χ1n) is 10.8. The molecule has 1 aliphatic heterocycles. The topological polar surface area (TPSA) is 84.8 Å². The molecule has 0 atom stereocenters. The van der Waals surface area contributed by atoms with Crippen molar-refractivity contribution in [3.8, 4) is 17.2 Å². The van der Waals surface area contributed by atoms with Crippen molar-refractivity contribution >= 4 is 17.5 Å². The number of anilines is 1. The third kappa shape index (κ3) is 3.38. The minimum atomic E-state index is 0.578. The van der Waals surface area contributed by atoms with E-state index in [-0.39, 0.29) is 0 Å². The number of allylic oxidation sites excluding steroid dienone is 1. The number of aryl methyl sites for hydroxylation is 1. The van der Waals surface area contributed by atoms with Crippen LogP contribution in [0.2, 0.25) is 0 Å². The van der Waals surface area contributed by atoms with Gasteiger partial charge in [-0.15, -0.1) is 0 Å². The molecule has 1 aliphatic carbocycles. The smallest absolute Gasteiger partial charge is 0.253 e. The average molecular weight is 425 g/mol. The molecule has 160 valence electrons. The molecular formula is C24H23N7O. The van der Waals surface area contributed by atoms with Gasteiger partial charge in [0.05, 0.1) is 30.8 Å². The summed E-state index contributed by atoms with van der Waals surface area (Å²) in [4.78, 5) is 12.2. The van der Waals surface area contributed by atoms with Crippen LogP contribution in [0.5, 0.6) is 0 Å². The lowest BCUT2D eigenvalue weighted by Gasteiger charge is -2.29. The van der Waals surface area contributed by atoms with Crippen LogP contribution in [-0.4, -0.2) is 56.2 Å². The molecule has 0 amide bonds. The van der Waals surface area contributed by atoms with Gasteiger partial charge in [-0.1, -0.05) is 23.8 Å². The second kappa shape index (κ2) is 7.72. The Bertz CT molecular complexity index is 1300. The predicted octanol–water partition coefficient (Wildman–Crippen LogP) is 3.29. The first-order valence-corrected chi connectivity index (χ1v) is 10.8. The van der Waals surface area contributed by atoms with Crippen LogP contribution < -0.4 is 4.90 Å². The molecule has 2 aliphatic rings. The maximum absolute atomic E-state index is 5.57. The van der Waals surface area contributed by atoms with Crippen LogP contribution in [-0.2, 0) is 11.2 Å². The van der Waals surface area contributed by atoms with Gasteiger partial charge < -0.3 is 9.64 Å². The van der Waals surface area contributed by atoms with Crippen LogP contribution in [0.3, 0.4) is 0 Å². The maximum atomic E-state index is 5.57. The highest BCUT2D eigenvalue weighted by atomic mass is 16.5. The van der Waals surface area contributed by atoms with Gasteiger partial charge in [-0.3, -0.25) is 5.10 Å². The molecule has 0 bridgehead atoms. The Morgan fingerprint density at radius 3 is 2.78 bits per heavy atom. The number of aromatic amines is 1. The Kier molecular flexibility index (Phi) is 4.57. The molecule has 0 spiro atoms. The largest absolute Gasteiger partial charge is 0.378 e. The van der Waals surface area contributed by atoms with Gasteiger partial charge in [-0.25, -0.2) is 9.67 Å². The van der Waals surface area contributed by atoms with Gasteiger partial charge in [0.1, 0.15) is 5.82 Å². The zero-order valence-electron chi connectivity index (χ0n) is 17.8. The highest BCUT2D eigenvalue weighted by molar-refractivity contribution is 5.89. The number of morpholine rings is 1. The molecule has 1 N–H and O–H groups in total. The fraction of sp³-hybridized carbons (Fsp3) is 0.250. The number of hydrogen-bond donors (Lipinski definition) is 1. The number of rotatable bonds is 4. The van der Waals surface area contributed by atoms with Gasteiger partial charge in [-0.05, 0) is 30.7 Å². The van der Waals surface area contributed by atoms with Gasteiger partial charge in [0.25, 0.3) is 5.95 Å². The molecule has 0 radical (unpaired) electrons. The lowest BCUT2D eigenvalue weighted by Crippen LogP contribution is -2.37. The van der Waals surface area contributed by atoms with E-state index in [1.54, 1.807) is 4.68 Å². The van der Waals surface area contributed by atoms with E-state index in [4.69, 9.17) is 19.8 Å². The summed E-state index contributed by atoms with van der Waals surface area (Å²) < 4.78 is 7.34. The van der Waals surface area contributed by atoms with Gasteiger partial charge in [0.15, 0.2) is 0 Å². The van der Waals surface area contributed by atoms with Crippen molar-refractivity contribution in [2.45, 2.75) is 13.3 Å². The number of aromatic nitrogens is 6. The first-order chi connectivity index (χ1) is 15.7. The monoisotopic (exact) mass is 425 g/mol. The second-order valence-electron chi connectivity index (χ2n) is 8.16. The molecule has 1 aromatic carbocycles. The zero-order chi connectivity index (χ0) is 21.5. The molecule has 8 heteroatoms. The Morgan fingerprint density at radius 1 is 1.06 bits per heavy atom. The number of nitrogens with zero attached hydrogens (tertiary/aromatic N) is 6. The van der Waals surface area contributed by atoms with E-state index in [0.29, 0.717) is 19.2 Å². The SMILES string of the molecule is Cc1cccc(-c2ccn(-c3nc4c(c(N5CCOCC5)n3)CC(c3cn[nH]c3)=C4)n2)c1. The summed E-state index contributed by atoms with van der Waals surface area (Å²) in [5.74, 6) is 1.55.